The van der Waals surface area contributed by atoms with Crippen LogP contribution in [-0.2, 0) is 11.3 Å². The van der Waals surface area contributed by atoms with Gasteiger partial charge in [-0.25, -0.2) is 4.39 Å². The van der Waals surface area contributed by atoms with E-state index in [4.69, 9.17) is 9.84 Å². The maximum atomic E-state index is 13.9. The lowest BCUT2D eigenvalue weighted by molar-refractivity contribution is -0.128. The monoisotopic (exact) mass is 290 g/mol. The third-order valence-corrected chi connectivity index (χ3v) is 2.70. The molecule has 0 aliphatic heterocycles. The van der Waals surface area contributed by atoms with E-state index in [0.717, 1.165) is 0 Å². The SMILES string of the molecule is CC(O)C(=O)NCc1ccc(Oc2cccnc2)c(F)c1. The Morgan fingerprint density at radius 2 is 2.29 bits per heavy atom. The highest BCUT2D eigenvalue weighted by molar-refractivity contribution is 5.79. The van der Waals surface area contributed by atoms with Crippen LogP contribution in [0.4, 0.5) is 4.39 Å². The molecule has 21 heavy (non-hydrogen) atoms. The quantitative estimate of drug-likeness (QED) is 0.883. The van der Waals surface area contributed by atoms with Crippen LogP contribution in [0.1, 0.15) is 12.5 Å². The van der Waals surface area contributed by atoms with Gasteiger partial charge >= 0.3 is 0 Å². The lowest BCUT2D eigenvalue weighted by Crippen LogP contribution is -2.31. The molecule has 1 amide bonds. The minimum Gasteiger partial charge on any atom is -0.453 e. The Morgan fingerprint density at radius 3 is 2.90 bits per heavy atom. The Kier molecular flexibility index (Phi) is 4.84. The van der Waals surface area contributed by atoms with Crippen molar-refractivity contribution in [1.29, 1.82) is 0 Å². The summed E-state index contributed by atoms with van der Waals surface area (Å²) in [6, 6.07) is 7.74. The summed E-state index contributed by atoms with van der Waals surface area (Å²) < 4.78 is 19.3. The molecule has 0 aliphatic rings. The smallest absolute Gasteiger partial charge is 0.248 e. The van der Waals surface area contributed by atoms with Crippen molar-refractivity contribution >= 4 is 5.91 Å². The molecule has 0 radical (unpaired) electrons. The van der Waals surface area contributed by atoms with Crippen molar-refractivity contribution in [3.05, 3.63) is 54.1 Å². The number of aromatic nitrogens is 1. The van der Waals surface area contributed by atoms with Gasteiger partial charge in [0.15, 0.2) is 11.6 Å². The van der Waals surface area contributed by atoms with Gasteiger partial charge in [-0.15, -0.1) is 0 Å². The molecule has 2 N–H and O–H groups in total. The molecule has 0 bridgehead atoms. The molecule has 6 heteroatoms. The van der Waals surface area contributed by atoms with Crippen LogP contribution in [0.3, 0.4) is 0 Å². The number of benzene rings is 1. The van der Waals surface area contributed by atoms with Crippen LogP contribution in [0.2, 0.25) is 0 Å². The van der Waals surface area contributed by atoms with Gasteiger partial charge in [0, 0.05) is 12.7 Å². The number of nitrogens with one attached hydrogen (secondary N) is 1. The van der Waals surface area contributed by atoms with Gasteiger partial charge in [0.1, 0.15) is 11.9 Å². The number of aliphatic hydroxyl groups excluding tert-OH is 1. The molecular formula is C15H15FN2O3. The normalized spacial score (nSPS) is 11.8. The zero-order valence-electron chi connectivity index (χ0n) is 11.4. The molecule has 0 fully saturated rings. The molecule has 0 saturated carbocycles. The number of carbonyl (C=O) groups is 1. The van der Waals surface area contributed by atoms with Crippen LogP contribution in [-0.4, -0.2) is 22.1 Å². The molecule has 2 aromatic rings. The number of ether oxygens (including phenoxy) is 1. The van der Waals surface area contributed by atoms with E-state index >= 15 is 0 Å². The lowest BCUT2D eigenvalue weighted by Gasteiger charge is -2.09. The summed E-state index contributed by atoms with van der Waals surface area (Å²) in [4.78, 5) is 15.1. The fraction of sp³-hybridized carbons (Fsp3) is 0.200. The number of carbonyl (C=O) groups excluding carboxylic acids is 1. The van der Waals surface area contributed by atoms with E-state index in [1.54, 1.807) is 24.4 Å². The van der Waals surface area contributed by atoms with Gasteiger partial charge in [-0.3, -0.25) is 9.78 Å². The number of hydrogen-bond acceptors (Lipinski definition) is 4. The zero-order valence-corrected chi connectivity index (χ0v) is 11.4. The average molecular weight is 290 g/mol. The van der Waals surface area contributed by atoms with E-state index in [2.05, 4.69) is 10.3 Å². The second kappa shape index (κ2) is 6.81. The van der Waals surface area contributed by atoms with E-state index in [0.29, 0.717) is 11.3 Å². The molecule has 1 heterocycles. The van der Waals surface area contributed by atoms with E-state index in [1.807, 2.05) is 0 Å². The van der Waals surface area contributed by atoms with E-state index in [-0.39, 0.29) is 12.3 Å². The predicted molar refractivity (Wildman–Crippen MR) is 74.2 cm³/mol. The number of aliphatic hydroxyl groups is 1. The molecule has 1 aromatic carbocycles. The number of pyridine rings is 1. The van der Waals surface area contributed by atoms with E-state index in [1.165, 1.54) is 25.3 Å². The largest absolute Gasteiger partial charge is 0.453 e. The third-order valence-electron chi connectivity index (χ3n) is 2.70. The molecule has 1 unspecified atom stereocenters. The highest BCUT2D eigenvalue weighted by atomic mass is 19.1. The molecule has 0 saturated heterocycles. The molecule has 2 rings (SSSR count). The Balaban J connectivity index is 2.02. The van der Waals surface area contributed by atoms with Crippen molar-refractivity contribution in [2.24, 2.45) is 0 Å². The van der Waals surface area contributed by atoms with Crippen molar-refractivity contribution < 1.29 is 19.0 Å². The van der Waals surface area contributed by atoms with Gasteiger partial charge in [0.2, 0.25) is 5.91 Å². The van der Waals surface area contributed by atoms with Crippen LogP contribution in [0, 0.1) is 5.82 Å². The van der Waals surface area contributed by atoms with E-state index in [9.17, 15) is 9.18 Å². The predicted octanol–water partition coefficient (Wildman–Crippen LogP) is 2.01. The first-order valence-electron chi connectivity index (χ1n) is 6.38. The lowest BCUT2D eigenvalue weighted by atomic mass is 10.2. The fourth-order valence-electron chi connectivity index (χ4n) is 1.61. The molecule has 0 aliphatic carbocycles. The molecule has 110 valence electrons. The molecular weight excluding hydrogens is 275 g/mol. The van der Waals surface area contributed by atoms with Crippen molar-refractivity contribution in [2.45, 2.75) is 19.6 Å². The maximum absolute atomic E-state index is 13.9. The van der Waals surface area contributed by atoms with Gasteiger partial charge < -0.3 is 15.2 Å². The third kappa shape index (κ3) is 4.25. The Bertz CT molecular complexity index is 618. The van der Waals surface area contributed by atoms with Crippen LogP contribution in [0.5, 0.6) is 11.5 Å². The minimum atomic E-state index is -1.09. The van der Waals surface area contributed by atoms with Gasteiger partial charge in [-0.05, 0) is 36.8 Å². The Labute approximate surface area is 121 Å². The second-order valence-electron chi connectivity index (χ2n) is 4.45. The second-order valence-corrected chi connectivity index (χ2v) is 4.45. The van der Waals surface area contributed by atoms with Crippen molar-refractivity contribution in [3.63, 3.8) is 0 Å². The minimum absolute atomic E-state index is 0.0774. The first-order chi connectivity index (χ1) is 10.1. The summed E-state index contributed by atoms with van der Waals surface area (Å²) in [5.74, 6) is -0.533. The number of amides is 1. The van der Waals surface area contributed by atoms with Crippen molar-refractivity contribution in [2.75, 3.05) is 0 Å². The standard InChI is InChI=1S/C15H15FN2O3/c1-10(19)15(20)18-8-11-4-5-14(13(16)7-11)21-12-3-2-6-17-9-12/h2-7,9-10,19H,8H2,1H3,(H,18,20). The van der Waals surface area contributed by atoms with Crippen LogP contribution >= 0.6 is 0 Å². The number of rotatable bonds is 5. The molecule has 1 aromatic heterocycles. The number of hydrogen-bond donors (Lipinski definition) is 2. The van der Waals surface area contributed by atoms with Gasteiger partial charge in [0.05, 0.1) is 6.20 Å². The topological polar surface area (TPSA) is 71.5 Å². The molecule has 0 spiro atoms. The first kappa shape index (κ1) is 14.9. The molecule has 1 atom stereocenters. The summed E-state index contributed by atoms with van der Waals surface area (Å²) in [6.07, 6.45) is 1.98. The Morgan fingerprint density at radius 1 is 1.48 bits per heavy atom. The number of halogens is 1. The summed E-state index contributed by atoms with van der Waals surface area (Å²) >= 11 is 0. The average Bonchev–Trinajstić information content (AvgIpc) is 2.48. The highest BCUT2D eigenvalue weighted by Gasteiger charge is 2.10. The van der Waals surface area contributed by atoms with Crippen molar-refractivity contribution in [1.82, 2.24) is 10.3 Å². The first-order valence-corrected chi connectivity index (χ1v) is 6.38. The fourth-order valence-corrected chi connectivity index (χ4v) is 1.61. The number of nitrogens with zero attached hydrogens (tertiary/aromatic N) is 1. The van der Waals surface area contributed by atoms with Crippen molar-refractivity contribution in [3.8, 4) is 11.5 Å². The van der Waals surface area contributed by atoms with Gasteiger partial charge in [-0.1, -0.05) is 6.07 Å². The summed E-state index contributed by atoms with van der Waals surface area (Å²) in [5.41, 5.74) is 0.569. The zero-order chi connectivity index (χ0) is 15.2. The summed E-state index contributed by atoms with van der Waals surface area (Å²) in [6.45, 7) is 1.49. The summed E-state index contributed by atoms with van der Waals surface area (Å²) in [5, 5.41) is 11.5. The van der Waals surface area contributed by atoms with Crippen LogP contribution < -0.4 is 10.1 Å². The molecule has 5 nitrogen and oxygen atoms in total. The van der Waals surface area contributed by atoms with Crippen LogP contribution in [0.25, 0.3) is 0 Å². The van der Waals surface area contributed by atoms with Gasteiger partial charge in [-0.2, -0.15) is 0 Å². The maximum Gasteiger partial charge on any atom is 0.248 e. The van der Waals surface area contributed by atoms with E-state index < -0.39 is 17.8 Å². The highest BCUT2D eigenvalue weighted by Crippen LogP contribution is 2.24. The van der Waals surface area contributed by atoms with Gasteiger partial charge in [0.25, 0.3) is 0 Å². The Hall–Kier alpha value is -2.47. The summed E-state index contributed by atoms with van der Waals surface area (Å²) in [7, 11) is 0. The van der Waals surface area contributed by atoms with Crippen LogP contribution in [0.15, 0.2) is 42.7 Å².